The lowest BCUT2D eigenvalue weighted by Crippen LogP contribution is -2.24. The van der Waals surface area contributed by atoms with Gasteiger partial charge in [-0.2, -0.15) is 0 Å². The number of nitrogens with one attached hydrogen (secondary N) is 2. The molecule has 2 N–H and O–H groups in total. The van der Waals surface area contributed by atoms with E-state index in [4.69, 9.17) is 0 Å². The lowest BCUT2D eigenvalue weighted by atomic mass is 10.2. The lowest BCUT2D eigenvalue weighted by molar-refractivity contribution is -0.120. The molecular formula is C11H18N2O. The second kappa shape index (κ2) is 4.84. The van der Waals surface area contributed by atoms with Gasteiger partial charge >= 0.3 is 0 Å². The molecule has 0 fully saturated rings. The van der Waals surface area contributed by atoms with E-state index in [1.807, 2.05) is 13.8 Å². The number of aromatic nitrogens is 1. The van der Waals surface area contributed by atoms with Crippen LogP contribution in [-0.2, 0) is 11.2 Å². The summed E-state index contributed by atoms with van der Waals surface area (Å²) in [6, 6.07) is 2.13. The summed E-state index contributed by atoms with van der Waals surface area (Å²) in [5, 5.41) is 2.86. The Balaban J connectivity index is 2.38. The van der Waals surface area contributed by atoms with Crippen molar-refractivity contribution >= 4 is 5.91 Å². The van der Waals surface area contributed by atoms with Crippen LogP contribution in [0.3, 0.4) is 0 Å². The zero-order valence-corrected chi connectivity index (χ0v) is 9.11. The molecule has 0 bridgehead atoms. The number of aryl methyl sites for hydroxylation is 2. The number of carbonyl (C=O) groups excluding carboxylic acids is 1. The Morgan fingerprint density at radius 1 is 1.50 bits per heavy atom. The van der Waals surface area contributed by atoms with Crippen molar-refractivity contribution < 1.29 is 4.79 Å². The fraction of sp³-hybridized carbons (Fsp3) is 0.545. The summed E-state index contributed by atoms with van der Waals surface area (Å²) in [5.74, 6) is 0.120. The highest BCUT2D eigenvalue weighted by Crippen LogP contribution is 2.09. The van der Waals surface area contributed by atoms with Crippen LogP contribution in [0.5, 0.6) is 0 Å². The summed E-state index contributed by atoms with van der Waals surface area (Å²) in [7, 11) is 0. The molecule has 1 rings (SSSR count). The average molecular weight is 194 g/mol. The summed E-state index contributed by atoms with van der Waals surface area (Å²) in [6.07, 6.45) is 1.47. The maximum Gasteiger partial charge on any atom is 0.219 e. The van der Waals surface area contributed by atoms with Gasteiger partial charge in [0.15, 0.2) is 0 Å². The lowest BCUT2D eigenvalue weighted by Gasteiger charge is -2.02. The third-order valence-corrected chi connectivity index (χ3v) is 2.29. The first-order chi connectivity index (χ1) is 6.63. The van der Waals surface area contributed by atoms with E-state index in [0.29, 0.717) is 6.42 Å². The predicted octanol–water partition coefficient (Wildman–Crippen LogP) is 1.70. The van der Waals surface area contributed by atoms with E-state index < -0.39 is 0 Å². The fourth-order valence-electron chi connectivity index (χ4n) is 1.50. The van der Waals surface area contributed by atoms with Crippen molar-refractivity contribution in [2.75, 3.05) is 6.54 Å². The highest BCUT2D eigenvalue weighted by Gasteiger charge is 2.02. The third kappa shape index (κ3) is 2.91. The summed E-state index contributed by atoms with van der Waals surface area (Å²) in [5.41, 5.74) is 3.67. The smallest absolute Gasteiger partial charge is 0.219 e. The molecule has 0 aromatic carbocycles. The number of rotatable bonds is 4. The molecule has 3 heteroatoms. The first kappa shape index (κ1) is 10.8. The zero-order valence-electron chi connectivity index (χ0n) is 9.11. The minimum Gasteiger partial charge on any atom is -0.362 e. The van der Waals surface area contributed by atoms with Gasteiger partial charge in [0.25, 0.3) is 0 Å². The van der Waals surface area contributed by atoms with E-state index in [9.17, 15) is 4.79 Å². The van der Waals surface area contributed by atoms with Crippen LogP contribution < -0.4 is 5.32 Å². The number of H-pyrrole nitrogens is 1. The van der Waals surface area contributed by atoms with Gasteiger partial charge in [-0.1, -0.05) is 6.92 Å². The molecule has 14 heavy (non-hydrogen) atoms. The highest BCUT2D eigenvalue weighted by atomic mass is 16.1. The molecule has 0 atom stereocenters. The Morgan fingerprint density at radius 2 is 2.21 bits per heavy atom. The van der Waals surface area contributed by atoms with Crippen molar-refractivity contribution in [1.82, 2.24) is 10.3 Å². The third-order valence-electron chi connectivity index (χ3n) is 2.29. The van der Waals surface area contributed by atoms with Gasteiger partial charge in [-0.25, -0.2) is 0 Å². The van der Waals surface area contributed by atoms with E-state index in [2.05, 4.69) is 23.3 Å². The van der Waals surface area contributed by atoms with Crippen molar-refractivity contribution in [2.45, 2.75) is 33.6 Å². The SMILES string of the molecule is CCC(=O)NCCc1cc(C)[nH]c1C. The molecule has 0 spiro atoms. The summed E-state index contributed by atoms with van der Waals surface area (Å²) in [6.45, 7) is 6.69. The molecule has 0 unspecified atom stereocenters. The van der Waals surface area contributed by atoms with Gasteiger partial charge < -0.3 is 10.3 Å². The minimum absolute atomic E-state index is 0.120. The van der Waals surface area contributed by atoms with Gasteiger partial charge in [0.2, 0.25) is 5.91 Å². The molecule has 0 saturated heterocycles. The first-order valence-corrected chi connectivity index (χ1v) is 5.05. The molecule has 0 saturated carbocycles. The molecule has 3 nitrogen and oxygen atoms in total. The van der Waals surface area contributed by atoms with Crippen LogP contribution in [0, 0.1) is 13.8 Å². The van der Waals surface area contributed by atoms with E-state index >= 15 is 0 Å². The monoisotopic (exact) mass is 194 g/mol. The second-order valence-electron chi connectivity index (χ2n) is 3.56. The van der Waals surface area contributed by atoms with Crippen molar-refractivity contribution in [3.63, 3.8) is 0 Å². The average Bonchev–Trinajstić information content (AvgIpc) is 2.45. The summed E-state index contributed by atoms with van der Waals surface area (Å²) in [4.78, 5) is 14.2. The van der Waals surface area contributed by atoms with Crippen LogP contribution in [0.2, 0.25) is 0 Å². The minimum atomic E-state index is 0.120. The van der Waals surface area contributed by atoms with Crippen molar-refractivity contribution in [2.24, 2.45) is 0 Å². The summed E-state index contributed by atoms with van der Waals surface area (Å²) >= 11 is 0. The van der Waals surface area contributed by atoms with Gasteiger partial charge in [-0.15, -0.1) is 0 Å². The summed E-state index contributed by atoms with van der Waals surface area (Å²) < 4.78 is 0. The Morgan fingerprint density at radius 3 is 2.71 bits per heavy atom. The molecule has 1 amide bonds. The molecule has 78 valence electrons. The van der Waals surface area contributed by atoms with E-state index in [-0.39, 0.29) is 5.91 Å². The molecule has 0 aliphatic rings. The molecule has 0 radical (unpaired) electrons. The zero-order chi connectivity index (χ0) is 10.6. The van der Waals surface area contributed by atoms with E-state index in [0.717, 1.165) is 13.0 Å². The molecule has 1 aromatic heterocycles. The Labute approximate surface area is 84.9 Å². The Bertz CT molecular complexity index is 315. The standard InChI is InChI=1S/C11H18N2O/c1-4-11(14)12-6-5-10-7-8(2)13-9(10)3/h7,13H,4-6H2,1-3H3,(H,12,14). The van der Waals surface area contributed by atoms with Crippen LogP contribution in [0.25, 0.3) is 0 Å². The Kier molecular flexibility index (Phi) is 3.74. The maximum atomic E-state index is 11.0. The molecule has 0 aliphatic carbocycles. The Hall–Kier alpha value is -1.25. The topological polar surface area (TPSA) is 44.9 Å². The molecule has 1 heterocycles. The van der Waals surface area contributed by atoms with Crippen molar-refractivity contribution in [3.8, 4) is 0 Å². The van der Waals surface area contributed by atoms with Crippen LogP contribution in [0.4, 0.5) is 0 Å². The predicted molar refractivity (Wildman–Crippen MR) is 57.3 cm³/mol. The maximum absolute atomic E-state index is 11.0. The second-order valence-corrected chi connectivity index (χ2v) is 3.56. The van der Waals surface area contributed by atoms with E-state index in [1.165, 1.54) is 17.0 Å². The van der Waals surface area contributed by atoms with Gasteiger partial charge in [-0.05, 0) is 31.9 Å². The highest BCUT2D eigenvalue weighted by molar-refractivity contribution is 5.75. The van der Waals surface area contributed by atoms with Gasteiger partial charge in [0.05, 0.1) is 0 Å². The number of carbonyl (C=O) groups is 1. The van der Waals surface area contributed by atoms with Crippen molar-refractivity contribution in [3.05, 3.63) is 23.0 Å². The van der Waals surface area contributed by atoms with Crippen LogP contribution in [0.15, 0.2) is 6.07 Å². The molecule has 0 aliphatic heterocycles. The molecule has 1 aromatic rings. The van der Waals surface area contributed by atoms with Gasteiger partial charge in [0.1, 0.15) is 0 Å². The fourth-order valence-corrected chi connectivity index (χ4v) is 1.50. The number of hydrogen-bond donors (Lipinski definition) is 2. The van der Waals surface area contributed by atoms with Crippen LogP contribution in [-0.4, -0.2) is 17.4 Å². The quantitative estimate of drug-likeness (QED) is 0.753. The van der Waals surface area contributed by atoms with Gasteiger partial charge in [0, 0.05) is 24.4 Å². The number of hydrogen-bond acceptors (Lipinski definition) is 1. The van der Waals surface area contributed by atoms with E-state index in [1.54, 1.807) is 0 Å². The van der Waals surface area contributed by atoms with Gasteiger partial charge in [-0.3, -0.25) is 4.79 Å². The van der Waals surface area contributed by atoms with Crippen LogP contribution >= 0.6 is 0 Å². The van der Waals surface area contributed by atoms with Crippen LogP contribution in [0.1, 0.15) is 30.3 Å². The normalized spacial score (nSPS) is 10.2. The van der Waals surface area contributed by atoms with Crippen molar-refractivity contribution in [1.29, 1.82) is 0 Å². The number of aromatic amines is 1. The number of amides is 1. The largest absolute Gasteiger partial charge is 0.362 e. The molecular weight excluding hydrogens is 176 g/mol. The first-order valence-electron chi connectivity index (χ1n) is 5.05.